The van der Waals surface area contributed by atoms with Gasteiger partial charge in [0, 0.05) is 24.3 Å². The monoisotopic (exact) mass is 335 g/mol. The van der Waals surface area contributed by atoms with E-state index in [1.807, 2.05) is 59.8 Å². The molecule has 1 amide bonds. The van der Waals surface area contributed by atoms with E-state index in [0.717, 1.165) is 48.6 Å². The Bertz CT molecular complexity index is 917. The maximum Gasteiger partial charge on any atom is 0.289 e. The zero-order valence-electron chi connectivity index (χ0n) is 14.5. The highest BCUT2D eigenvalue weighted by Crippen LogP contribution is 2.26. The highest BCUT2D eigenvalue weighted by Gasteiger charge is 2.22. The fraction of sp³-hybridized carbons (Fsp3) is 0.300. The van der Waals surface area contributed by atoms with Crippen LogP contribution < -0.4 is 0 Å². The SMILES string of the molecule is Cc1cc(C)n(-c2cccc(-c3ccc(C(=O)N4CCCC4)o3)c2)n1. The summed E-state index contributed by atoms with van der Waals surface area (Å²) in [4.78, 5) is 14.3. The molecule has 1 saturated heterocycles. The van der Waals surface area contributed by atoms with Crippen LogP contribution in [0.25, 0.3) is 17.0 Å². The Morgan fingerprint density at radius 2 is 1.88 bits per heavy atom. The number of benzene rings is 1. The summed E-state index contributed by atoms with van der Waals surface area (Å²) in [6.07, 6.45) is 2.15. The lowest BCUT2D eigenvalue weighted by molar-refractivity contribution is 0.0762. The molecule has 0 radical (unpaired) electrons. The lowest BCUT2D eigenvalue weighted by Gasteiger charge is -2.12. The number of amides is 1. The predicted molar refractivity (Wildman–Crippen MR) is 95.9 cm³/mol. The lowest BCUT2D eigenvalue weighted by atomic mass is 10.1. The molecule has 5 heteroatoms. The van der Waals surface area contributed by atoms with Crippen LogP contribution in [0.1, 0.15) is 34.8 Å². The molecule has 3 heterocycles. The van der Waals surface area contributed by atoms with Crippen molar-refractivity contribution in [1.29, 1.82) is 0 Å². The molecular formula is C20H21N3O2. The summed E-state index contributed by atoms with van der Waals surface area (Å²) in [5.74, 6) is 1.10. The fourth-order valence-corrected chi connectivity index (χ4v) is 3.37. The third-order valence-corrected chi connectivity index (χ3v) is 4.59. The van der Waals surface area contributed by atoms with Crippen LogP contribution in [0.2, 0.25) is 0 Å². The first kappa shape index (κ1) is 15.7. The van der Waals surface area contributed by atoms with E-state index >= 15 is 0 Å². The molecule has 0 N–H and O–H groups in total. The van der Waals surface area contributed by atoms with Crippen LogP contribution in [-0.2, 0) is 0 Å². The van der Waals surface area contributed by atoms with Crippen molar-refractivity contribution in [2.24, 2.45) is 0 Å². The Balaban J connectivity index is 1.63. The summed E-state index contributed by atoms with van der Waals surface area (Å²) in [5.41, 5.74) is 3.98. The molecule has 25 heavy (non-hydrogen) atoms. The molecule has 5 nitrogen and oxygen atoms in total. The van der Waals surface area contributed by atoms with Gasteiger partial charge in [0.25, 0.3) is 5.91 Å². The molecule has 0 aliphatic carbocycles. The number of likely N-dealkylation sites (tertiary alicyclic amines) is 1. The normalized spacial score (nSPS) is 14.2. The molecule has 0 unspecified atom stereocenters. The molecule has 128 valence electrons. The highest BCUT2D eigenvalue weighted by molar-refractivity contribution is 5.92. The number of aromatic nitrogens is 2. The number of hydrogen-bond acceptors (Lipinski definition) is 3. The molecule has 2 aromatic heterocycles. The van der Waals surface area contributed by atoms with Gasteiger partial charge in [-0.2, -0.15) is 5.10 Å². The van der Waals surface area contributed by atoms with Gasteiger partial charge in [-0.3, -0.25) is 4.79 Å². The molecule has 0 atom stereocenters. The van der Waals surface area contributed by atoms with Crippen molar-refractivity contribution in [3.05, 3.63) is 59.6 Å². The Morgan fingerprint density at radius 1 is 1.08 bits per heavy atom. The second-order valence-electron chi connectivity index (χ2n) is 6.55. The molecule has 4 rings (SSSR count). The standard InChI is InChI=1S/C20H21N3O2/c1-14-12-15(2)23(21-14)17-7-5-6-16(13-17)18-8-9-19(25-18)20(24)22-10-3-4-11-22/h5-9,12-13H,3-4,10-11H2,1-2H3. The van der Waals surface area contributed by atoms with Crippen molar-refractivity contribution in [2.75, 3.05) is 13.1 Å². The molecule has 1 fully saturated rings. The summed E-state index contributed by atoms with van der Waals surface area (Å²) >= 11 is 0. The molecule has 1 aliphatic heterocycles. The van der Waals surface area contributed by atoms with Crippen LogP contribution in [0.5, 0.6) is 0 Å². The maximum absolute atomic E-state index is 12.4. The topological polar surface area (TPSA) is 51.3 Å². The average molecular weight is 335 g/mol. The summed E-state index contributed by atoms with van der Waals surface area (Å²) < 4.78 is 7.76. The van der Waals surface area contributed by atoms with Crippen molar-refractivity contribution in [3.63, 3.8) is 0 Å². The Kier molecular flexibility index (Phi) is 3.92. The Hall–Kier alpha value is -2.82. The average Bonchev–Trinajstić information content (AvgIpc) is 3.35. The lowest BCUT2D eigenvalue weighted by Crippen LogP contribution is -2.27. The molecule has 3 aromatic rings. The number of aryl methyl sites for hydroxylation is 2. The molecular weight excluding hydrogens is 314 g/mol. The highest BCUT2D eigenvalue weighted by atomic mass is 16.4. The summed E-state index contributed by atoms with van der Waals surface area (Å²) in [5, 5.41) is 4.53. The quantitative estimate of drug-likeness (QED) is 0.727. The number of furan rings is 1. The summed E-state index contributed by atoms with van der Waals surface area (Å²) in [7, 11) is 0. The molecule has 0 saturated carbocycles. The van der Waals surface area contributed by atoms with E-state index in [4.69, 9.17) is 4.42 Å². The summed E-state index contributed by atoms with van der Waals surface area (Å²) in [6, 6.07) is 13.7. The van der Waals surface area contributed by atoms with E-state index < -0.39 is 0 Å². The van der Waals surface area contributed by atoms with Gasteiger partial charge in [-0.1, -0.05) is 12.1 Å². The van der Waals surface area contributed by atoms with Crippen LogP contribution in [-0.4, -0.2) is 33.7 Å². The van der Waals surface area contributed by atoms with E-state index in [0.29, 0.717) is 11.5 Å². The van der Waals surface area contributed by atoms with Crippen LogP contribution in [0.4, 0.5) is 0 Å². The largest absolute Gasteiger partial charge is 0.451 e. The molecule has 1 aromatic carbocycles. The van der Waals surface area contributed by atoms with Crippen molar-refractivity contribution < 1.29 is 9.21 Å². The van der Waals surface area contributed by atoms with Gasteiger partial charge in [-0.15, -0.1) is 0 Å². The first-order valence-corrected chi connectivity index (χ1v) is 8.65. The van der Waals surface area contributed by atoms with Crippen LogP contribution in [0, 0.1) is 13.8 Å². The van der Waals surface area contributed by atoms with Crippen molar-refractivity contribution in [2.45, 2.75) is 26.7 Å². The number of carbonyl (C=O) groups is 1. The number of carbonyl (C=O) groups excluding carboxylic acids is 1. The molecule has 1 aliphatic rings. The third kappa shape index (κ3) is 2.97. The van der Waals surface area contributed by atoms with Crippen molar-refractivity contribution >= 4 is 5.91 Å². The van der Waals surface area contributed by atoms with Crippen molar-refractivity contribution in [1.82, 2.24) is 14.7 Å². The maximum atomic E-state index is 12.4. The van der Waals surface area contributed by atoms with E-state index in [2.05, 4.69) is 5.10 Å². The smallest absolute Gasteiger partial charge is 0.289 e. The van der Waals surface area contributed by atoms with Crippen LogP contribution >= 0.6 is 0 Å². The van der Waals surface area contributed by atoms with Gasteiger partial charge in [0.15, 0.2) is 5.76 Å². The van der Waals surface area contributed by atoms with Gasteiger partial charge in [0.05, 0.1) is 11.4 Å². The van der Waals surface area contributed by atoms with Gasteiger partial charge < -0.3 is 9.32 Å². The minimum absolute atomic E-state index is 0.0153. The van der Waals surface area contributed by atoms with Crippen LogP contribution in [0.3, 0.4) is 0 Å². The fourth-order valence-electron chi connectivity index (χ4n) is 3.37. The van der Waals surface area contributed by atoms with E-state index in [1.165, 1.54) is 0 Å². The van der Waals surface area contributed by atoms with Gasteiger partial charge >= 0.3 is 0 Å². The second kappa shape index (κ2) is 6.24. The van der Waals surface area contributed by atoms with E-state index in [9.17, 15) is 4.79 Å². The van der Waals surface area contributed by atoms with Crippen molar-refractivity contribution in [3.8, 4) is 17.0 Å². The first-order valence-electron chi connectivity index (χ1n) is 8.65. The predicted octanol–water partition coefficient (Wildman–Crippen LogP) is 3.99. The summed E-state index contributed by atoms with van der Waals surface area (Å²) in [6.45, 7) is 5.66. The molecule has 0 spiro atoms. The van der Waals surface area contributed by atoms with Gasteiger partial charge in [0.1, 0.15) is 5.76 Å². The number of nitrogens with zero attached hydrogens (tertiary/aromatic N) is 3. The van der Waals surface area contributed by atoms with Gasteiger partial charge in [-0.25, -0.2) is 4.68 Å². The minimum Gasteiger partial charge on any atom is -0.451 e. The third-order valence-electron chi connectivity index (χ3n) is 4.59. The first-order chi connectivity index (χ1) is 12.1. The van der Waals surface area contributed by atoms with E-state index in [1.54, 1.807) is 6.07 Å². The zero-order chi connectivity index (χ0) is 17.4. The number of hydrogen-bond donors (Lipinski definition) is 0. The Morgan fingerprint density at radius 3 is 2.60 bits per heavy atom. The second-order valence-corrected chi connectivity index (χ2v) is 6.55. The number of rotatable bonds is 3. The Labute approximate surface area is 146 Å². The van der Waals surface area contributed by atoms with E-state index in [-0.39, 0.29) is 5.91 Å². The minimum atomic E-state index is -0.0153. The van der Waals surface area contributed by atoms with Crippen LogP contribution in [0.15, 0.2) is 46.9 Å². The zero-order valence-corrected chi connectivity index (χ0v) is 14.5. The van der Waals surface area contributed by atoms with Gasteiger partial charge in [0.2, 0.25) is 0 Å². The van der Waals surface area contributed by atoms with Gasteiger partial charge in [-0.05, 0) is 57.0 Å². The molecule has 0 bridgehead atoms.